The number of benzene rings is 1. The van der Waals surface area contributed by atoms with Crippen LogP contribution >= 0.6 is 0 Å². The number of anilines is 1. The van der Waals surface area contributed by atoms with Crippen molar-refractivity contribution in [2.24, 2.45) is 0 Å². The minimum absolute atomic E-state index is 0.0789. The summed E-state index contributed by atoms with van der Waals surface area (Å²) in [6.45, 7) is 1.80. The highest BCUT2D eigenvalue weighted by Crippen LogP contribution is 2.44. The van der Waals surface area contributed by atoms with Gasteiger partial charge in [-0.05, 0) is 61.7 Å². The van der Waals surface area contributed by atoms with Crippen molar-refractivity contribution in [1.82, 2.24) is 9.97 Å². The molecule has 0 saturated heterocycles. The molecule has 6 heteroatoms. The van der Waals surface area contributed by atoms with E-state index >= 15 is 0 Å². The Hall–Kier alpha value is -3.12. The highest BCUT2D eigenvalue weighted by Gasteiger charge is 2.46. The number of amides is 1. The molecule has 1 aromatic carbocycles. The molecule has 1 fully saturated rings. The molecule has 29 heavy (non-hydrogen) atoms. The standard InChI is InChI=1S/C23H22FN3O2/c1-15-11-17(14-28)20(13-25-15)16-3-8-21(26-12-16)23(9-2-10-23)22(29)27-19-6-4-18(24)5-7-19/h3-8,11-13,28H,2,9-10,14H2,1H3,(H,27,29). The Bertz CT molecular complexity index is 1030. The first kappa shape index (κ1) is 19.2. The molecule has 0 aliphatic heterocycles. The summed E-state index contributed by atoms with van der Waals surface area (Å²) in [4.78, 5) is 21.9. The molecule has 1 aliphatic rings. The summed E-state index contributed by atoms with van der Waals surface area (Å²) in [5, 5.41) is 12.5. The van der Waals surface area contributed by atoms with Gasteiger partial charge in [-0.3, -0.25) is 14.8 Å². The van der Waals surface area contributed by atoms with Gasteiger partial charge in [-0.25, -0.2) is 4.39 Å². The van der Waals surface area contributed by atoms with Gasteiger partial charge < -0.3 is 10.4 Å². The van der Waals surface area contributed by atoms with Crippen molar-refractivity contribution in [3.8, 4) is 11.1 Å². The van der Waals surface area contributed by atoms with Gasteiger partial charge >= 0.3 is 0 Å². The van der Waals surface area contributed by atoms with Crippen molar-refractivity contribution in [3.63, 3.8) is 0 Å². The fraction of sp³-hybridized carbons (Fsp3) is 0.261. The quantitative estimate of drug-likeness (QED) is 0.685. The number of pyridine rings is 2. The third-order valence-corrected chi connectivity index (χ3v) is 5.61. The molecule has 2 N–H and O–H groups in total. The van der Waals surface area contributed by atoms with E-state index in [1.807, 2.05) is 25.1 Å². The molecule has 0 bridgehead atoms. The van der Waals surface area contributed by atoms with Gasteiger partial charge in [0.1, 0.15) is 5.82 Å². The van der Waals surface area contributed by atoms with Crippen molar-refractivity contribution in [3.05, 3.63) is 77.6 Å². The average Bonchev–Trinajstić information content (AvgIpc) is 2.69. The first-order valence-electron chi connectivity index (χ1n) is 9.62. The number of carbonyl (C=O) groups is 1. The number of hydrogen-bond donors (Lipinski definition) is 2. The number of aromatic nitrogens is 2. The van der Waals surface area contributed by atoms with E-state index in [0.29, 0.717) is 5.69 Å². The Balaban J connectivity index is 1.60. The number of nitrogens with one attached hydrogen (secondary N) is 1. The molecule has 148 valence electrons. The average molecular weight is 391 g/mol. The van der Waals surface area contributed by atoms with Gasteiger partial charge in [-0.15, -0.1) is 0 Å². The zero-order valence-electron chi connectivity index (χ0n) is 16.2. The van der Waals surface area contributed by atoms with Crippen molar-refractivity contribution in [1.29, 1.82) is 0 Å². The number of aryl methyl sites for hydroxylation is 1. The van der Waals surface area contributed by atoms with E-state index < -0.39 is 5.41 Å². The Morgan fingerprint density at radius 1 is 1.14 bits per heavy atom. The van der Waals surface area contributed by atoms with Gasteiger partial charge in [0, 0.05) is 34.9 Å². The van der Waals surface area contributed by atoms with Gasteiger partial charge in [0.25, 0.3) is 0 Å². The molecule has 1 aliphatic carbocycles. The van der Waals surface area contributed by atoms with Crippen LogP contribution in [0, 0.1) is 12.7 Å². The predicted molar refractivity (Wildman–Crippen MR) is 109 cm³/mol. The maximum absolute atomic E-state index is 13.1. The molecule has 3 aromatic rings. The second kappa shape index (κ2) is 7.72. The maximum atomic E-state index is 13.1. The summed E-state index contributed by atoms with van der Waals surface area (Å²) in [6, 6.07) is 11.4. The smallest absolute Gasteiger partial charge is 0.236 e. The molecule has 5 nitrogen and oxygen atoms in total. The molecule has 2 aromatic heterocycles. The molecule has 4 rings (SSSR count). The topological polar surface area (TPSA) is 75.1 Å². The Morgan fingerprint density at radius 3 is 2.48 bits per heavy atom. The summed E-state index contributed by atoms with van der Waals surface area (Å²) < 4.78 is 13.1. The number of rotatable bonds is 5. The highest BCUT2D eigenvalue weighted by molar-refractivity contribution is 5.99. The second-order valence-corrected chi connectivity index (χ2v) is 7.47. The SMILES string of the molecule is Cc1cc(CO)c(-c2ccc(C3(C(=O)Nc4ccc(F)cc4)CCC3)nc2)cn1. The van der Waals surface area contributed by atoms with Crippen LogP contribution in [0.3, 0.4) is 0 Å². The minimum atomic E-state index is -0.668. The molecule has 2 heterocycles. The van der Waals surface area contributed by atoms with Gasteiger partial charge in [-0.1, -0.05) is 12.5 Å². The van der Waals surface area contributed by atoms with Gasteiger partial charge in [0.2, 0.25) is 5.91 Å². The Kier molecular flexibility index (Phi) is 5.11. The lowest BCUT2D eigenvalue weighted by Gasteiger charge is -2.39. The van der Waals surface area contributed by atoms with Crippen LogP contribution in [-0.4, -0.2) is 21.0 Å². The molecular weight excluding hydrogens is 369 g/mol. The maximum Gasteiger partial charge on any atom is 0.236 e. The molecule has 0 radical (unpaired) electrons. The van der Waals surface area contributed by atoms with Crippen LogP contribution in [-0.2, 0) is 16.8 Å². The molecule has 0 unspecified atom stereocenters. The lowest BCUT2D eigenvalue weighted by molar-refractivity contribution is -0.124. The Labute approximate surface area is 168 Å². The molecule has 0 spiro atoms. The fourth-order valence-corrected chi connectivity index (χ4v) is 3.76. The number of aliphatic hydroxyl groups is 1. The summed E-state index contributed by atoms with van der Waals surface area (Å²) in [6.07, 6.45) is 5.86. The first-order chi connectivity index (χ1) is 14.0. The van der Waals surface area contributed by atoms with Gasteiger partial charge in [-0.2, -0.15) is 0 Å². The molecule has 1 amide bonds. The van der Waals surface area contributed by atoms with Gasteiger partial charge in [0.15, 0.2) is 0 Å². The Morgan fingerprint density at radius 2 is 1.90 bits per heavy atom. The van der Waals surface area contributed by atoms with E-state index in [1.54, 1.807) is 24.5 Å². The van der Waals surface area contributed by atoms with E-state index in [4.69, 9.17) is 0 Å². The van der Waals surface area contributed by atoms with E-state index in [1.165, 1.54) is 12.1 Å². The summed E-state index contributed by atoms with van der Waals surface area (Å²) >= 11 is 0. The lowest BCUT2D eigenvalue weighted by Crippen LogP contribution is -2.46. The van der Waals surface area contributed by atoms with Crippen molar-refractivity contribution < 1.29 is 14.3 Å². The summed E-state index contributed by atoms with van der Waals surface area (Å²) in [5.41, 5.74) is 3.93. The van der Waals surface area contributed by atoms with E-state index in [2.05, 4.69) is 15.3 Å². The van der Waals surface area contributed by atoms with Crippen molar-refractivity contribution >= 4 is 11.6 Å². The fourth-order valence-electron chi connectivity index (χ4n) is 3.76. The van der Waals surface area contributed by atoms with Crippen LogP contribution in [0.15, 0.2) is 54.9 Å². The largest absolute Gasteiger partial charge is 0.392 e. The lowest BCUT2D eigenvalue weighted by atomic mass is 9.65. The van der Waals surface area contributed by atoms with Crippen LogP contribution in [0.5, 0.6) is 0 Å². The zero-order chi connectivity index (χ0) is 20.4. The van der Waals surface area contributed by atoms with E-state index in [-0.39, 0.29) is 18.3 Å². The van der Waals surface area contributed by atoms with Crippen LogP contribution in [0.25, 0.3) is 11.1 Å². The minimum Gasteiger partial charge on any atom is -0.392 e. The zero-order valence-corrected chi connectivity index (χ0v) is 16.2. The molecule has 0 atom stereocenters. The van der Waals surface area contributed by atoms with Crippen molar-refractivity contribution in [2.75, 3.05) is 5.32 Å². The van der Waals surface area contributed by atoms with E-state index in [0.717, 1.165) is 47.3 Å². The van der Waals surface area contributed by atoms with Crippen molar-refractivity contribution in [2.45, 2.75) is 38.2 Å². The summed E-state index contributed by atoms with van der Waals surface area (Å²) in [7, 11) is 0. The summed E-state index contributed by atoms with van der Waals surface area (Å²) in [5.74, 6) is -0.463. The predicted octanol–water partition coefficient (Wildman–Crippen LogP) is 4.14. The highest BCUT2D eigenvalue weighted by atomic mass is 19.1. The number of aliphatic hydroxyl groups excluding tert-OH is 1. The monoisotopic (exact) mass is 391 g/mol. The molecule has 1 saturated carbocycles. The van der Waals surface area contributed by atoms with Crippen LogP contribution < -0.4 is 5.32 Å². The van der Waals surface area contributed by atoms with Crippen LogP contribution in [0.1, 0.15) is 36.2 Å². The number of hydrogen-bond acceptors (Lipinski definition) is 4. The normalized spacial score (nSPS) is 14.9. The van der Waals surface area contributed by atoms with E-state index in [9.17, 15) is 14.3 Å². The number of nitrogens with zero attached hydrogens (tertiary/aromatic N) is 2. The van der Waals surface area contributed by atoms with Crippen LogP contribution in [0.4, 0.5) is 10.1 Å². The van der Waals surface area contributed by atoms with Gasteiger partial charge in [0.05, 0.1) is 17.7 Å². The first-order valence-corrected chi connectivity index (χ1v) is 9.62. The third-order valence-electron chi connectivity index (χ3n) is 5.61. The second-order valence-electron chi connectivity index (χ2n) is 7.47. The van der Waals surface area contributed by atoms with Crippen LogP contribution in [0.2, 0.25) is 0 Å². The number of carbonyl (C=O) groups excluding carboxylic acids is 1. The number of halogens is 1. The molecular formula is C23H22FN3O2. The third kappa shape index (κ3) is 3.63.